The molecule has 0 spiro atoms. The molecule has 124 valence electrons. The van der Waals surface area contributed by atoms with E-state index in [1.54, 1.807) is 0 Å². The molecule has 0 aliphatic rings. The van der Waals surface area contributed by atoms with Crippen molar-refractivity contribution in [2.45, 2.75) is 6.42 Å². The Balaban J connectivity index is 1.65. The molecule has 2 aromatic carbocycles. The van der Waals surface area contributed by atoms with E-state index in [0.717, 1.165) is 12.1 Å². The molecule has 0 saturated heterocycles. The summed E-state index contributed by atoms with van der Waals surface area (Å²) in [6.45, 7) is 0.624. The molecule has 0 unspecified atom stereocenters. The summed E-state index contributed by atoms with van der Waals surface area (Å²) in [7, 11) is 5.99. The van der Waals surface area contributed by atoms with Crippen LogP contribution in [0.3, 0.4) is 0 Å². The number of anilines is 1. The fourth-order valence-corrected chi connectivity index (χ4v) is 2.96. The molecule has 3 rings (SSSR count). The first-order chi connectivity index (χ1) is 11.6. The SMILES string of the molecule is CN(C)c1cccc(C(=O)NCCc2cn(C)c3ccccc23)c1. The lowest BCUT2D eigenvalue weighted by Crippen LogP contribution is -2.25. The van der Waals surface area contributed by atoms with Crippen molar-refractivity contribution >= 4 is 22.5 Å². The number of aromatic nitrogens is 1. The van der Waals surface area contributed by atoms with Gasteiger partial charge in [-0.25, -0.2) is 0 Å². The minimum atomic E-state index is -0.0288. The van der Waals surface area contributed by atoms with Crippen LogP contribution in [-0.4, -0.2) is 31.1 Å². The minimum Gasteiger partial charge on any atom is -0.378 e. The summed E-state index contributed by atoms with van der Waals surface area (Å²) in [5.74, 6) is -0.0288. The molecule has 1 aromatic heterocycles. The lowest BCUT2D eigenvalue weighted by molar-refractivity contribution is 0.0954. The summed E-state index contributed by atoms with van der Waals surface area (Å²) < 4.78 is 2.13. The van der Waals surface area contributed by atoms with Crippen LogP contribution in [0.2, 0.25) is 0 Å². The molecule has 0 saturated carbocycles. The third kappa shape index (κ3) is 3.27. The van der Waals surface area contributed by atoms with Crippen molar-refractivity contribution in [3.05, 3.63) is 65.9 Å². The maximum absolute atomic E-state index is 12.3. The Morgan fingerprint density at radius 3 is 2.71 bits per heavy atom. The average Bonchev–Trinajstić information content (AvgIpc) is 2.91. The number of hydrogen-bond acceptors (Lipinski definition) is 2. The van der Waals surface area contributed by atoms with E-state index < -0.39 is 0 Å². The maximum Gasteiger partial charge on any atom is 0.251 e. The molecule has 1 amide bonds. The molecule has 0 aliphatic carbocycles. The summed E-state index contributed by atoms with van der Waals surface area (Å²) >= 11 is 0. The third-order valence-electron chi connectivity index (χ3n) is 4.28. The molecule has 4 heteroatoms. The van der Waals surface area contributed by atoms with Crippen LogP contribution in [0.15, 0.2) is 54.7 Å². The first kappa shape index (κ1) is 16.1. The van der Waals surface area contributed by atoms with Gasteiger partial charge in [0.25, 0.3) is 5.91 Å². The Bertz CT molecular complexity index is 864. The second kappa shape index (κ2) is 6.79. The van der Waals surface area contributed by atoms with Crippen LogP contribution in [-0.2, 0) is 13.5 Å². The molecule has 4 nitrogen and oxygen atoms in total. The monoisotopic (exact) mass is 321 g/mol. The van der Waals surface area contributed by atoms with Crippen molar-refractivity contribution in [2.24, 2.45) is 7.05 Å². The van der Waals surface area contributed by atoms with Gasteiger partial charge < -0.3 is 14.8 Å². The molecule has 1 N–H and O–H groups in total. The zero-order valence-corrected chi connectivity index (χ0v) is 14.4. The van der Waals surface area contributed by atoms with Crippen molar-refractivity contribution in [2.75, 3.05) is 25.5 Å². The molecule has 24 heavy (non-hydrogen) atoms. The van der Waals surface area contributed by atoms with Crippen LogP contribution in [0.25, 0.3) is 10.9 Å². The number of hydrogen-bond donors (Lipinski definition) is 1. The van der Waals surface area contributed by atoms with E-state index in [-0.39, 0.29) is 5.91 Å². The maximum atomic E-state index is 12.3. The zero-order valence-electron chi connectivity index (χ0n) is 14.4. The van der Waals surface area contributed by atoms with Gasteiger partial charge in [0.05, 0.1) is 0 Å². The Kier molecular flexibility index (Phi) is 4.56. The average molecular weight is 321 g/mol. The summed E-state index contributed by atoms with van der Waals surface area (Å²) in [4.78, 5) is 14.3. The fraction of sp³-hybridized carbons (Fsp3) is 0.250. The quantitative estimate of drug-likeness (QED) is 0.783. The van der Waals surface area contributed by atoms with Crippen molar-refractivity contribution in [3.8, 4) is 0 Å². The van der Waals surface area contributed by atoms with Crippen LogP contribution in [0.4, 0.5) is 5.69 Å². The van der Waals surface area contributed by atoms with E-state index in [1.807, 2.05) is 49.3 Å². The lowest BCUT2D eigenvalue weighted by atomic mass is 10.1. The van der Waals surface area contributed by atoms with E-state index >= 15 is 0 Å². The van der Waals surface area contributed by atoms with Gasteiger partial charge in [-0.15, -0.1) is 0 Å². The number of amides is 1. The number of para-hydroxylation sites is 1. The van der Waals surface area contributed by atoms with E-state index in [0.29, 0.717) is 12.1 Å². The highest BCUT2D eigenvalue weighted by molar-refractivity contribution is 5.95. The van der Waals surface area contributed by atoms with Gasteiger partial charge in [0.2, 0.25) is 0 Å². The summed E-state index contributed by atoms with van der Waals surface area (Å²) in [6, 6.07) is 16.0. The molecule has 0 fully saturated rings. The molecule has 3 aromatic rings. The zero-order chi connectivity index (χ0) is 17.1. The highest BCUT2D eigenvalue weighted by Crippen LogP contribution is 2.20. The van der Waals surface area contributed by atoms with Crippen LogP contribution < -0.4 is 10.2 Å². The smallest absolute Gasteiger partial charge is 0.251 e. The van der Waals surface area contributed by atoms with Crippen LogP contribution in [0.5, 0.6) is 0 Å². The minimum absolute atomic E-state index is 0.0288. The first-order valence-corrected chi connectivity index (χ1v) is 8.15. The van der Waals surface area contributed by atoms with E-state index in [9.17, 15) is 4.79 Å². The number of fused-ring (bicyclic) bond motifs is 1. The highest BCUT2D eigenvalue weighted by Gasteiger charge is 2.09. The van der Waals surface area contributed by atoms with Gasteiger partial charge in [-0.3, -0.25) is 4.79 Å². The Hall–Kier alpha value is -2.75. The van der Waals surface area contributed by atoms with E-state index in [1.165, 1.54) is 16.5 Å². The number of carbonyl (C=O) groups is 1. The number of benzene rings is 2. The standard InChI is InChI=1S/C20H23N3O/c1-22(2)17-8-6-7-15(13-17)20(24)21-12-11-16-14-23(3)19-10-5-4-9-18(16)19/h4-10,13-14H,11-12H2,1-3H3,(H,21,24). The van der Waals surface area contributed by atoms with Crippen LogP contribution in [0.1, 0.15) is 15.9 Å². The van der Waals surface area contributed by atoms with E-state index in [2.05, 4.69) is 41.3 Å². The summed E-state index contributed by atoms with van der Waals surface area (Å²) in [5.41, 5.74) is 4.20. The molecular formula is C20H23N3O. The summed E-state index contributed by atoms with van der Waals surface area (Å²) in [6.07, 6.45) is 2.96. The largest absolute Gasteiger partial charge is 0.378 e. The number of nitrogens with one attached hydrogen (secondary N) is 1. The first-order valence-electron chi connectivity index (χ1n) is 8.15. The molecule has 0 aliphatic heterocycles. The number of rotatable bonds is 5. The van der Waals surface area contributed by atoms with Crippen molar-refractivity contribution in [1.29, 1.82) is 0 Å². The van der Waals surface area contributed by atoms with Gasteiger partial charge in [0, 0.05) is 56.0 Å². The molecular weight excluding hydrogens is 298 g/mol. The van der Waals surface area contributed by atoms with Crippen molar-refractivity contribution in [3.63, 3.8) is 0 Å². The lowest BCUT2D eigenvalue weighted by Gasteiger charge is -2.13. The predicted molar refractivity (Wildman–Crippen MR) is 99.7 cm³/mol. The van der Waals surface area contributed by atoms with E-state index in [4.69, 9.17) is 0 Å². The topological polar surface area (TPSA) is 37.3 Å². The second-order valence-electron chi connectivity index (χ2n) is 6.23. The van der Waals surface area contributed by atoms with Crippen molar-refractivity contribution in [1.82, 2.24) is 9.88 Å². The van der Waals surface area contributed by atoms with Gasteiger partial charge in [-0.05, 0) is 36.2 Å². The number of nitrogens with zero attached hydrogens (tertiary/aromatic N) is 2. The highest BCUT2D eigenvalue weighted by atomic mass is 16.1. The third-order valence-corrected chi connectivity index (χ3v) is 4.28. The molecule has 0 bridgehead atoms. The molecule has 1 heterocycles. The van der Waals surface area contributed by atoms with Gasteiger partial charge in [-0.1, -0.05) is 24.3 Å². The predicted octanol–water partition coefficient (Wildman–Crippen LogP) is 3.22. The summed E-state index contributed by atoms with van der Waals surface area (Å²) in [5, 5.41) is 4.27. The molecule has 0 radical (unpaired) electrons. The van der Waals surface area contributed by atoms with Crippen molar-refractivity contribution < 1.29 is 4.79 Å². The number of carbonyl (C=O) groups excluding carboxylic acids is 1. The van der Waals surface area contributed by atoms with Gasteiger partial charge >= 0.3 is 0 Å². The second-order valence-corrected chi connectivity index (χ2v) is 6.23. The van der Waals surface area contributed by atoms with Gasteiger partial charge in [-0.2, -0.15) is 0 Å². The Morgan fingerprint density at radius 1 is 1.12 bits per heavy atom. The van der Waals surface area contributed by atoms with Crippen LogP contribution >= 0.6 is 0 Å². The number of aryl methyl sites for hydroxylation is 1. The fourth-order valence-electron chi connectivity index (χ4n) is 2.96. The van der Waals surface area contributed by atoms with Gasteiger partial charge in [0.1, 0.15) is 0 Å². The normalized spacial score (nSPS) is 10.8. The Labute approximate surface area is 142 Å². The van der Waals surface area contributed by atoms with Crippen LogP contribution in [0, 0.1) is 0 Å². The Morgan fingerprint density at radius 2 is 1.92 bits per heavy atom. The van der Waals surface area contributed by atoms with Gasteiger partial charge in [0.15, 0.2) is 0 Å². The molecule has 0 atom stereocenters.